The molecule has 0 atom stereocenters. The van der Waals surface area contributed by atoms with E-state index in [0.29, 0.717) is 0 Å². The molecule has 0 spiro atoms. The molecule has 5 aromatic carbocycles. The maximum atomic E-state index is 4.67. The summed E-state index contributed by atoms with van der Waals surface area (Å²) in [7, 11) is 30.0. The quantitative estimate of drug-likeness (QED) is 0.0954. The van der Waals surface area contributed by atoms with E-state index < -0.39 is 0 Å². The van der Waals surface area contributed by atoms with Crippen LogP contribution in [0.2, 0.25) is 0 Å². The first kappa shape index (κ1) is 219. The molecule has 0 N–H and O–H groups in total. The van der Waals surface area contributed by atoms with Crippen molar-refractivity contribution in [1.82, 2.24) is 50.3 Å². The summed E-state index contributed by atoms with van der Waals surface area (Å²) in [6, 6.07) is 54.7. The molecule has 10 aromatic heterocycles. The van der Waals surface area contributed by atoms with Crippen LogP contribution in [0.3, 0.4) is 0 Å². The molecule has 45 radical (unpaired) electrons. The number of hydrogen-bond donors (Lipinski definition) is 0. The van der Waals surface area contributed by atoms with Crippen LogP contribution >= 0.6 is 0 Å². The van der Waals surface area contributed by atoms with E-state index in [-0.39, 0.29) is 1140 Å². The number of rotatable bonds is 10. The van der Waals surface area contributed by atoms with Crippen molar-refractivity contribution in [2.24, 2.45) is 70.5 Å². The number of aryl methyl sites for hydroxylation is 10. The molecule has 0 unspecified atom stereocenters. The van der Waals surface area contributed by atoms with Gasteiger partial charge in [0, 0.05) is 1190 Å². The summed E-state index contributed by atoms with van der Waals surface area (Å²) >= 11 is 0. The van der Waals surface area contributed by atoms with Gasteiger partial charge in [-0.3, -0.25) is 23.3 Å². The van der Waals surface area contributed by atoms with Crippen LogP contribution in [0.15, 0.2) is 244 Å². The third-order valence-corrected chi connectivity index (χ3v) is 15.9. The summed E-state index contributed by atoms with van der Waals surface area (Å²) in [6.07, 6.45) is 24.4. The predicted octanol–water partition coefficient (Wildman–Crippen LogP) is -5.42. The maximum absolute atomic E-state index is 4.67. The van der Waals surface area contributed by atoms with Gasteiger partial charge >= 0.3 is 0 Å². The third-order valence-electron chi connectivity index (χ3n) is 15.9. The molecule has 0 amide bonds. The topological polar surface area (TPSA) is 168 Å². The second kappa shape index (κ2) is 127. The Morgan fingerprint density at radius 1 is 0.238 bits per heavy atom. The molecule has 0 fully saturated rings. The molecule has 0 bridgehead atoms. The standard InChI is InChI=1S/5C14H14BN4.35Y/c1-18-9-5-8-16-13(18)15-14-17-12-7-4-3-6-11(12)10-19(14)2;1-18-9-5-8-16-13(18)15-14-17-10-11-6-3-4-7-12(11)19(14)2;1-18-13(8-5-9-16-18)15-14-12-7-4-3-6-11(12)10-17-19(14)2;1-18-13(8-5-9-16-18)15-14-10-11-6-3-4-7-12(11)17-19(14)2;1-18-8-7-16-9-13(18)15-14-10-17-11-5-3-4-6-12(11)19(14)2;;;;;;;;;;;;;;;;;;;;;;;;;;;;;;;;;;;/h5*3-10H,1-2H3;;;;;;;;;;;;;;;;;;;;;;;;;;;;;;;;;;;/q5*+1;;;;;;;;;;;;;;;;;;;;;;;;;;;;;;;;;;;. The van der Waals surface area contributed by atoms with E-state index in [0.717, 1.165) is 106 Å². The van der Waals surface area contributed by atoms with Crippen LogP contribution in [0.25, 0.3) is 54.5 Å². The van der Waals surface area contributed by atoms with Gasteiger partial charge in [0.2, 0.25) is 5.52 Å². The van der Waals surface area contributed by atoms with Gasteiger partial charge in [-0.1, -0.05) is 106 Å². The Morgan fingerprint density at radius 3 is 1.17 bits per heavy atom. The Morgan fingerprint density at radius 2 is 0.669 bits per heavy atom. The molecule has 0 aliphatic carbocycles. The van der Waals surface area contributed by atoms with Crippen molar-refractivity contribution >= 4 is 147 Å². The predicted molar refractivity (Wildman–Crippen MR) is 367 cm³/mol. The normalized spacial score (nSPS) is 7.92. The van der Waals surface area contributed by atoms with Crippen molar-refractivity contribution in [1.29, 1.82) is 0 Å². The van der Waals surface area contributed by atoms with Crippen molar-refractivity contribution in [3.05, 3.63) is 244 Å². The van der Waals surface area contributed by atoms with Crippen LogP contribution in [0.5, 0.6) is 0 Å². The number of fused-ring (bicyclic) bond motifs is 5. The minimum Gasteiger partial charge on any atom is -0.278 e. The Labute approximate surface area is 1650 Å². The molecule has 60 heteroatoms. The fourth-order valence-corrected chi connectivity index (χ4v) is 10.4. The minimum atomic E-state index is 0. The summed E-state index contributed by atoms with van der Waals surface area (Å²) in [5.74, 6) is 0. The van der Waals surface area contributed by atoms with Crippen molar-refractivity contribution in [2.45, 2.75) is 0 Å². The van der Waals surface area contributed by atoms with Crippen LogP contribution < -0.4 is 103 Å². The van der Waals surface area contributed by atoms with Gasteiger partial charge < -0.3 is 0 Å². The number of benzene rings is 5. The van der Waals surface area contributed by atoms with Gasteiger partial charge in [-0.15, -0.1) is 33.7 Å². The van der Waals surface area contributed by atoms with Gasteiger partial charge in [-0.2, -0.15) is 0 Å². The molecular weight excluding hydrogens is 4290 g/mol. The summed E-state index contributed by atoms with van der Waals surface area (Å²) < 4.78 is 19.6. The summed E-state index contributed by atoms with van der Waals surface area (Å²) in [6.45, 7) is 0. The second-order valence-corrected chi connectivity index (χ2v) is 22.4. The fraction of sp³-hybridized carbons (Fsp3) is 0.143. The van der Waals surface area contributed by atoms with E-state index in [1.54, 1.807) is 31.0 Å². The molecule has 0 aliphatic heterocycles. The first-order valence-electron chi connectivity index (χ1n) is 30.7. The Hall–Kier alpha value is 27.2. The van der Waals surface area contributed by atoms with Crippen LogP contribution in [0, 0.1) is 0 Å². The molecule has 0 saturated carbocycles. The van der Waals surface area contributed by atoms with E-state index in [1.165, 1.54) is 5.39 Å². The number of aromatic nitrogens is 20. The smallest absolute Gasteiger partial charge is 0.227 e. The van der Waals surface area contributed by atoms with Crippen molar-refractivity contribution in [3.8, 4) is 0 Å². The second-order valence-electron chi connectivity index (χ2n) is 22.4. The summed E-state index contributed by atoms with van der Waals surface area (Å²) in [4.78, 5) is 26.5. The number of hydrogen-bond acceptors (Lipinski definition) is 10. The van der Waals surface area contributed by atoms with E-state index in [9.17, 15) is 0 Å². The van der Waals surface area contributed by atoms with Crippen LogP contribution in [0.1, 0.15) is 0 Å². The first-order chi connectivity index (χ1) is 46.2. The molecule has 15 aromatic rings. The van der Waals surface area contributed by atoms with Gasteiger partial charge in [-0.25, -0.2) is 14.1 Å². The minimum absolute atomic E-state index is 0. The first-order valence-corrected chi connectivity index (χ1v) is 30.7. The van der Waals surface area contributed by atoms with Crippen LogP contribution in [0.4, 0.5) is 0 Å². The number of nitrogens with zero attached hydrogens (tertiary/aromatic N) is 20. The molecule has 20 nitrogen and oxygen atoms in total. The average Bonchev–Trinajstić information content (AvgIpc) is 0.807. The maximum Gasteiger partial charge on any atom is 0.227 e. The molecule has 10 heterocycles. The fourth-order valence-electron chi connectivity index (χ4n) is 10.4. The Bertz CT molecular complexity index is 4950. The zero-order valence-corrected chi connectivity index (χ0v) is 174. The monoisotopic (exact) mass is 4360 g/mol. The molecule has 0 aliphatic rings. The third kappa shape index (κ3) is 76.1. The molecular formula is C70H70B5N20Y35+5. The van der Waals surface area contributed by atoms with Crippen molar-refractivity contribution < 1.29 is 1190 Å². The van der Waals surface area contributed by atoms with Gasteiger partial charge in [0.05, 0.1) is 99.0 Å². The zero-order valence-electron chi connectivity index (χ0n) is 75.1. The average molecular weight is 4360 g/mol. The van der Waals surface area contributed by atoms with E-state index in [2.05, 4.69) is 136 Å². The van der Waals surface area contributed by atoms with Crippen LogP contribution in [-0.2, 0) is 1220 Å². The molecule has 565 valence electrons. The number of para-hydroxylation sites is 4. The van der Waals surface area contributed by atoms with Gasteiger partial charge in [0.1, 0.15) is 55.4 Å². The molecule has 15 rings (SSSR count). The van der Waals surface area contributed by atoms with E-state index in [4.69, 9.17) is 0 Å². The van der Waals surface area contributed by atoms with Crippen molar-refractivity contribution in [3.63, 3.8) is 0 Å². The van der Waals surface area contributed by atoms with Gasteiger partial charge in [0.15, 0.2) is 39.9 Å². The zero-order chi connectivity index (χ0) is 66.2. The van der Waals surface area contributed by atoms with E-state index >= 15 is 0 Å². The Balaban J connectivity index is -0.0000000432. The summed E-state index contributed by atoms with van der Waals surface area (Å²) in [5.41, 5.74) is 15.0. The molecule has 0 saturated heterocycles. The summed E-state index contributed by atoms with van der Waals surface area (Å²) in [5, 5.41) is 23.1. The SMILES string of the molecule is C[n+]1cccnc1[B-]c1nc2ccccc2c[n+]1C.C[n+]1cccnc1[B-]c1ncc2ccccc2[n+]1C.C[n+]1ccncc1[B-]c1cnc2ccccc2[n+]1C.C[n+]1ncccc1[B-]c1c2ccccc2cn[n+]1C.C[n+]1ncccc1[B-]c1cc2ccccc2n[n+]1C.[Y].[Y].[Y].[Y].[Y].[Y].[Y].[Y].[Y].[Y].[Y].[Y].[Y].[Y].[Y].[Y].[Y].[Y].[Y].[Y].[Y].[Y].[Y].[Y].[Y].[Y].[Y].[Y].[Y].[Y].[Y].[Y].[Y].[Y].[Y]. The van der Waals surface area contributed by atoms with Crippen LogP contribution in [-0.4, -0.2) is 86.7 Å². The molecule has 130 heavy (non-hydrogen) atoms. The van der Waals surface area contributed by atoms with Gasteiger partial charge in [0.25, 0.3) is 0 Å². The van der Waals surface area contributed by atoms with E-state index in [1.807, 2.05) is 281 Å². The largest absolute Gasteiger partial charge is 0.278 e. The van der Waals surface area contributed by atoms with Crippen molar-refractivity contribution in [2.75, 3.05) is 0 Å². The van der Waals surface area contributed by atoms with Gasteiger partial charge in [-0.05, 0) is 135 Å². The Kier molecular flexibility index (Phi) is 214.